The average Bonchev–Trinajstić information content (AvgIpc) is 3.40. The number of likely N-dealkylation sites (tertiary alicyclic amines) is 1. The van der Waals surface area contributed by atoms with E-state index in [2.05, 4.69) is 0 Å². The SMILES string of the molecule is CCC(c1cccs1)N1C(=O)[C@H]2CN(S(=O)(=O)c3ccc(F)c(F)c3)C[C@H]2C1=O. The van der Waals surface area contributed by atoms with Crippen LogP contribution in [0.15, 0.2) is 40.6 Å². The molecule has 2 aromatic rings. The lowest BCUT2D eigenvalue weighted by molar-refractivity contribution is -0.143. The van der Waals surface area contributed by atoms with Crippen LogP contribution in [-0.2, 0) is 19.6 Å². The van der Waals surface area contributed by atoms with E-state index < -0.39 is 38.4 Å². The minimum atomic E-state index is -4.15. The summed E-state index contributed by atoms with van der Waals surface area (Å²) in [5.74, 6) is -4.73. The van der Waals surface area contributed by atoms with E-state index in [0.29, 0.717) is 12.5 Å². The predicted molar refractivity (Wildman–Crippen MR) is 101 cm³/mol. The molecule has 3 atom stereocenters. The van der Waals surface area contributed by atoms with Crippen LogP contribution in [0.5, 0.6) is 0 Å². The van der Waals surface area contributed by atoms with Crippen molar-refractivity contribution in [2.45, 2.75) is 24.3 Å². The van der Waals surface area contributed by atoms with Gasteiger partial charge in [-0.25, -0.2) is 17.2 Å². The first-order chi connectivity index (χ1) is 13.8. The minimum absolute atomic E-state index is 0.159. The highest BCUT2D eigenvalue weighted by molar-refractivity contribution is 7.89. The lowest BCUT2D eigenvalue weighted by atomic mass is 10.00. The molecule has 2 fully saturated rings. The maximum atomic E-state index is 13.5. The number of hydrogen-bond acceptors (Lipinski definition) is 5. The number of thiophene rings is 1. The fourth-order valence-corrected chi connectivity index (χ4v) is 6.42. The van der Waals surface area contributed by atoms with Crippen LogP contribution in [0.1, 0.15) is 24.3 Å². The molecule has 2 aliphatic rings. The molecule has 3 heterocycles. The molecule has 2 aliphatic heterocycles. The Morgan fingerprint density at radius 2 is 1.76 bits per heavy atom. The zero-order valence-corrected chi connectivity index (χ0v) is 17.1. The smallest absolute Gasteiger partial charge is 0.243 e. The first kappa shape index (κ1) is 20.1. The molecule has 4 rings (SSSR count). The maximum Gasteiger partial charge on any atom is 0.243 e. The molecule has 0 N–H and O–H groups in total. The summed E-state index contributed by atoms with van der Waals surface area (Å²) < 4.78 is 53.3. The van der Waals surface area contributed by atoms with E-state index in [0.717, 1.165) is 21.3 Å². The molecule has 10 heteroatoms. The van der Waals surface area contributed by atoms with Crippen molar-refractivity contribution in [3.8, 4) is 0 Å². The van der Waals surface area contributed by atoms with E-state index in [4.69, 9.17) is 0 Å². The van der Waals surface area contributed by atoms with Gasteiger partial charge in [-0.1, -0.05) is 13.0 Å². The number of carbonyl (C=O) groups is 2. The van der Waals surface area contributed by atoms with Gasteiger partial charge < -0.3 is 0 Å². The van der Waals surface area contributed by atoms with E-state index in [1.165, 1.54) is 16.2 Å². The number of imide groups is 1. The number of fused-ring (bicyclic) bond motifs is 1. The van der Waals surface area contributed by atoms with E-state index in [1.54, 1.807) is 0 Å². The summed E-state index contributed by atoms with van der Waals surface area (Å²) in [6.45, 7) is 1.57. The highest BCUT2D eigenvalue weighted by Crippen LogP contribution is 2.41. The van der Waals surface area contributed by atoms with Gasteiger partial charge >= 0.3 is 0 Å². The molecule has 0 saturated carbocycles. The number of sulfonamides is 1. The number of nitrogens with zero attached hydrogens (tertiary/aromatic N) is 2. The summed E-state index contributed by atoms with van der Waals surface area (Å²) in [6.07, 6.45) is 0.564. The molecule has 0 bridgehead atoms. The Morgan fingerprint density at radius 1 is 1.10 bits per heavy atom. The first-order valence-corrected chi connectivity index (χ1v) is 11.4. The molecular formula is C19H18F2N2O4S2. The van der Waals surface area contributed by atoms with E-state index in [9.17, 15) is 26.8 Å². The van der Waals surface area contributed by atoms with Crippen molar-refractivity contribution >= 4 is 33.2 Å². The summed E-state index contributed by atoms with van der Waals surface area (Å²) in [6, 6.07) is 5.68. The summed E-state index contributed by atoms with van der Waals surface area (Å²) in [5.41, 5.74) is 0. The van der Waals surface area contributed by atoms with Gasteiger partial charge in [0.15, 0.2) is 11.6 Å². The highest BCUT2D eigenvalue weighted by atomic mass is 32.2. The topological polar surface area (TPSA) is 74.8 Å². The van der Waals surface area contributed by atoms with Gasteiger partial charge in [-0.3, -0.25) is 14.5 Å². The number of hydrogen-bond donors (Lipinski definition) is 0. The first-order valence-electron chi connectivity index (χ1n) is 9.11. The van der Waals surface area contributed by atoms with E-state index in [1.807, 2.05) is 24.4 Å². The second-order valence-corrected chi connectivity index (χ2v) is 10.0. The number of amides is 2. The van der Waals surface area contributed by atoms with E-state index >= 15 is 0 Å². The lowest BCUT2D eigenvalue weighted by Crippen LogP contribution is -2.39. The molecule has 1 unspecified atom stereocenters. The Labute approximate surface area is 170 Å². The van der Waals surface area contributed by atoms with Crippen molar-refractivity contribution in [3.63, 3.8) is 0 Å². The van der Waals surface area contributed by atoms with Gasteiger partial charge in [0.2, 0.25) is 21.8 Å². The molecule has 2 amide bonds. The molecule has 0 spiro atoms. The van der Waals surface area contributed by atoms with Gasteiger partial charge in [-0.05, 0) is 36.1 Å². The van der Waals surface area contributed by atoms with Crippen LogP contribution in [0.2, 0.25) is 0 Å². The van der Waals surface area contributed by atoms with Crippen molar-refractivity contribution in [1.29, 1.82) is 0 Å². The fourth-order valence-electron chi connectivity index (χ4n) is 4.02. The van der Waals surface area contributed by atoms with Gasteiger partial charge in [0.1, 0.15) is 0 Å². The molecule has 2 saturated heterocycles. The monoisotopic (exact) mass is 440 g/mol. The standard InChI is InChI=1S/C19H18F2N2O4S2/c1-2-16(17-4-3-7-28-17)23-18(24)12-9-22(10-13(12)19(23)25)29(26,27)11-5-6-14(20)15(21)8-11/h3-8,12-13,16H,2,9-10H2,1H3/t12-,13+,16?. The molecule has 0 aliphatic carbocycles. The number of carbonyl (C=O) groups excluding carboxylic acids is 2. The van der Waals surface area contributed by atoms with Crippen molar-refractivity contribution in [2.75, 3.05) is 13.1 Å². The Morgan fingerprint density at radius 3 is 2.28 bits per heavy atom. The molecule has 1 aromatic carbocycles. The van der Waals surface area contributed by atoms with Crippen molar-refractivity contribution in [1.82, 2.24) is 9.21 Å². The number of benzene rings is 1. The van der Waals surface area contributed by atoms with Gasteiger partial charge in [0.25, 0.3) is 0 Å². The third-order valence-corrected chi connectivity index (χ3v) is 8.30. The van der Waals surface area contributed by atoms with Crippen LogP contribution in [0.3, 0.4) is 0 Å². The summed E-state index contributed by atoms with van der Waals surface area (Å²) >= 11 is 1.46. The summed E-state index contributed by atoms with van der Waals surface area (Å²) in [4.78, 5) is 27.7. The van der Waals surface area contributed by atoms with Crippen LogP contribution in [0.25, 0.3) is 0 Å². The van der Waals surface area contributed by atoms with Gasteiger partial charge in [0.05, 0.1) is 22.8 Å². The minimum Gasteiger partial charge on any atom is -0.274 e. The number of halogens is 2. The van der Waals surface area contributed by atoms with Crippen LogP contribution in [0, 0.1) is 23.5 Å². The average molecular weight is 440 g/mol. The number of rotatable bonds is 5. The Balaban J connectivity index is 1.58. The third-order valence-electron chi connectivity index (χ3n) is 5.49. The molecule has 29 heavy (non-hydrogen) atoms. The zero-order valence-electron chi connectivity index (χ0n) is 15.4. The second kappa shape index (κ2) is 7.26. The van der Waals surface area contributed by atoms with Gasteiger partial charge in [-0.2, -0.15) is 4.31 Å². The molecule has 1 aromatic heterocycles. The van der Waals surface area contributed by atoms with Crippen LogP contribution in [-0.4, -0.2) is 42.5 Å². The van der Waals surface area contributed by atoms with E-state index in [-0.39, 0.29) is 30.9 Å². The predicted octanol–water partition coefficient (Wildman–Crippen LogP) is 2.78. The van der Waals surface area contributed by atoms with Crippen molar-refractivity contribution in [2.24, 2.45) is 11.8 Å². The Hall–Kier alpha value is -2.17. The van der Waals surface area contributed by atoms with Gasteiger partial charge in [0, 0.05) is 18.0 Å². The Kier molecular flexibility index (Phi) is 5.04. The highest BCUT2D eigenvalue weighted by Gasteiger charge is 2.56. The summed E-state index contributed by atoms with van der Waals surface area (Å²) in [5, 5.41) is 1.87. The fraction of sp³-hybridized carbons (Fsp3) is 0.368. The van der Waals surface area contributed by atoms with Crippen molar-refractivity contribution < 1.29 is 26.8 Å². The van der Waals surface area contributed by atoms with Crippen molar-refractivity contribution in [3.05, 3.63) is 52.2 Å². The van der Waals surface area contributed by atoms with Gasteiger partial charge in [-0.15, -0.1) is 11.3 Å². The normalized spacial score (nSPS) is 23.6. The molecule has 154 valence electrons. The third kappa shape index (κ3) is 3.19. The maximum absolute atomic E-state index is 13.5. The lowest BCUT2D eigenvalue weighted by Gasteiger charge is -2.26. The molecule has 0 radical (unpaired) electrons. The Bertz CT molecular complexity index is 1050. The quantitative estimate of drug-likeness (QED) is 0.670. The molecule has 6 nitrogen and oxygen atoms in total. The van der Waals surface area contributed by atoms with Crippen LogP contribution in [0.4, 0.5) is 8.78 Å². The largest absolute Gasteiger partial charge is 0.274 e. The summed E-state index contributed by atoms with van der Waals surface area (Å²) in [7, 11) is -4.15. The molecular weight excluding hydrogens is 422 g/mol. The van der Waals surface area contributed by atoms with Crippen LogP contribution < -0.4 is 0 Å². The van der Waals surface area contributed by atoms with Crippen LogP contribution >= 0.6 is 11.3 Å². The second-order valence-electron chi connectivity index (χ2n) is 7.10. The zero-order chi connectivity index (χ0) is 20.9.